The number of benzene rings is 1. The Balaban J connectivity index is 1.58. The summed E-state index contributed by atoms with van der Waals surface area (Å²) in [5, 5.41) is 2.77. The zero-order valence-electron chi connectivity index (χ0n) is 19.8. The maximum Gasteiger partial charge on any atom is 0.330 e. The topological polar surface area (TPSA) is 115 Å². The number of hydrogen-bond acceptors (Lipinski definition) is 7. The lowest BCUT2D eigenvalue weighted by atomic mass is 10.0. The van der Waals surface area contributed by atoms with E-state index in [9.17, 15) is 19.2 Å². The lowest BCUT2D eigenvalue weighted by molar-refractivity contribution is -0.148. The molecule has 3 rings (SSSR count). The van der Waals surface area contributed by atoms with E-state index in [1.165, 1.54) is 13.2 Å². The first-order chi connectivity index (χ1) is 16.3. The molecule has 4 atom stereocenters. The highest BCUT2D eigenvalue weighted by atomic mass is 16.6. The van der Waals surface area contributed by atoms with Gasteiger partial charge in [0, 0.05) is 12.6 Å². The summed E-state index contributed by atoms with van der Waals surface area (Å²) in [6, 6.07) is 8.00. The van der Waals surface area contributed by atoms with Crippen molar-refractivity contribution in [3.05, 3.63) is 48.0 Å². The van der Waals surface area contributed by atoms with Gasteiger partial charge in [-0.15, -0.1) is 0 Å². The molecule has 0 aliphatic carbocycles. The Morgan fingerprint density at radius 3 is 2.62 bits per heavy atom. The van der Waals surface area contributed by atoms with Gasteiger partial charge in [-0.3, -0.25) is 9.59 Å². The van der Waals surface area contributed by atoms with E-state index >= 15 is 0 Å². The van der Waals surface area contributed by atoms with Crippen LogP contribution in [0.2, 0.25) is 0 Å². The molecule has 184 valence electrons. The lowest BCUT2D eigenvalue weighted by Gasteiger charge is -2.26. The summed E-state index contributed by atoms with van der Waals surface area (Å²) < 4.78 is 15.3. The summed E-state index contributed by atoms with van der Waals surface area (Å²) in [6.45, 7) is 4.22. The van der Waals surface area contributed by atoms with Gasteiger partial charge >= 0.3 is 11.9 Å². The number of epoxide rings is 1. The van der Waals surface area contributed by atoms with Crippen LogP contribution in [0.3, 0.4) is 0 Å². The van der Waals surface area contributed by atoms with Crippen LogP contribution in [0.15, 0.2) is 42.5 Å². The van der Waals surface area contributed by atoms with Crippen molar-refractivity contribution in [3.63, 3.8) is 0 Å². The standard InChI is InChI=1S/C25H32N2O7/c1-16(2)15-18(25(31)33-14-8-12-20(28)32-3)26-23(29)19-11-7-13-27(19)24(30)22-21(34-22)17-9-5-4-6-10-17/h4-6,8-10,12,16,18-19,21-22H,7,11,13-15H2,1-3H3,(H,26,29)/b12-8+/t18-,19+,21-,22+/m0/s1. The highest BCUT2D eigenvalue weighted by molar-refractivity contribution is 5.93. The molecule has 1 aromatic carbocycles. The lowest BCUT2D eigenvalue weighted by Crippen LogP contribution is -2.52. The molecule has 0 spiro atoms. The third-order valence-corrected chi connectivity index (χ3v) is 5.79. The van der Waals surface area contributed by atoms with Crippen LogP contribution >= 0.6 is 0 Å². The summed E-state index contributed by atoms with van der Waals surface area (Å²) in [5.41, 5.74) is 0.932. The number of nitrogens with zero attached hydrogens (tertiary/aromatic N) is 1. The maximum atomic E-state index is 13.1. The Bertz CT molecular complexity index is 915. The summed E-state index contributed by atoms with van der Waals surface area (Å²) in [6.07, 6.45) is 3.25. The van der Waals surface area contributed by atoms with E-state index in [1.807, 2.05) is 44.2 Å². The van der Waals surface area contributed by atoms with Crippen LogP contribution in [0.4, 0.5) is 0 Å². The van der Waals surface area contributed by atoms with Crippen molar-refractivity contribution in [3.8, 4) is 0 Å². The Hall–Kier alpha value is -3.20. The second-order valence-electron chi connectivity index (χ2n) is 8.82. The van der Waals surface area contributed by atoms with Crippen molar-refractivity contribution >= 4 is 23.8 Å². The molecule has 0 unspecified atom stereocenters. The smallest absolute Gasteiger partial charge is 0.330 e. The van der Waals surface area contributed by atoms with Gasteiger partial charge in [-0.2, -0.15) is 0 Å². The molecule has 0 radical (unpaired) electrons. The minimum absolute atomic E-state index is 0.119. The van der Waals surface area contributed by atoms with E-state index in [0.717, 1.165) is 11.6 Å². The molecule has 2 saturated heterocycles. The third kappa shape index (κ3) is 6.66. The molecule has 2 amide bonds. The van der Waals surface area contributed by atoms with Gasteiger partial charge in [0.1, 0.15) is 24.8 Å². The van der Waals surface area contributed by atoms with Crippen LogP contribution in [-0.4, -0.2) is 67.1 Å². The van der Waals surface area contributed by atoms with Crippen molar-refractivity contribution in [2.75, 3.05) is 20.3 Å². The Labute approximate surface area is 199 Å². The predicted molar refractivity (Wildman–Crippen MR) is 122 cm³/mol. The number of carbonyl (C=O) groups excluding carboxylic acids is 4. The number of likely N-dealkylation sites (tertiary alicyclic amines) is 1. The van der Waals surface area contributed by atoms with Gasteiger partial charge in [0.25, 0.3) is 5.91 Å². The second kappa shape index (κ2) is 11.8. The minimum Gasteiger partial charge on any atom is -0.466 e. The van der Waals surface area contributed by atoms with Crippen LogP contribution in [0, 0.1) is 5.92 Å². The molecule has 0 saturated carbocycles. The zero-order chi connectivity index (χ0) is 24.7. The fourth-order valence-corrected chi connectivity index (χ4v) is 4.06. The molecule has 2 aliphatic rings. The number of nitrogens with one attached hydrogen (secondary N) is 1. The van der Waals surface area contributed by atoms with Gasteiger partial charge in [-0.1, -0.05) is 44.2 Å². The van der Waals surface area contributed by atoms with Crippen molar-refractivity contribution in [2.24, 2.45) is 5.92 Å². The molecule has 1 N–H and O–H groups in total. The van der Waals surface area contributed by atoms with Crippen molar-refractivity contribution in [2.45, 2.75) is 57.4 Å². The second-order valence-corrected chi connectivity index (χ2v) is 8.82. The maximum absolute atomic E-state index is 13.1. The number of carbonyl (C=O) groups is 4. The molecule has 2 heterocycles. The van der Waals surface area contributed by atoms with E-state index in [4.69, 9.17) is 9.47 Å². The van der Waals surface area contributed by atoms with Crippen LogP contribution < -0.4 is 5.32 Å². The summed E-state index contributed by atoms with van der Waals surface area (Å²) >= 11 is 0. The van der Waals surface area contributed by atoms with Crippen LogP contribution in [0.1, 0.15) is 44.8 Å². The van der Waals surface area contributed by atoms with Crippen molar-refractivity contribution in [1.29, 1.82) is 0 Å². The zero-order valence-corrected chi connectivity index (χ0v) is 19.8. The van der Waals surface area contributed by atoms with Crippen LogP contribution in [0.5, 0.6) is 0 Å². The molecule has 2 fully saturated rings. The molecule has 2 aliphatic heterocycles. The molecule has 0 aromatic heterocycles. The molecule has 1 aromatic rings. The quantitative estimate of drug-likeness (QED) is 0.314. The van der Waals surface area contributed by atoms with Crippen LogP contribution in [0.25, 0.3) is 0 Å². The molecule has 9 heteroatoms. The first kappa shape index (κ1) is 25.4. The number of esters is 2. The van der Waals surface area contributed by atoms with Gasteiger partial charge in [0.2, 0.25) is 5.91 Å². The largest absolute Gasteiger partial charge is 0.466 e. The molecular formula is C25H32N2O7. The number of methoxy groups -OCH3 is 1. The number of ether oxygens (including phenoxy) is 3. The van der Waals surface area contributed by atoms with Gasteiger partial charge in [0.05, 0.1) is 7.11 Å². The molecule has 34 heavy (non-hydrogen) atoms. The van der Waals surface area contributed by atoms with E-state index in [-0.39, 0.29) is 30.4 Å². The Morgan fingerprint density at radius 2 is 1.94 bits per heavy atom. The van der Waals surface area contributed by atoms with E-state index < -0.39 is 30.1 Å². The monoisotopic (exact) mass is 472 g/mol. The van der Waals surface area contributed by atoms with Gasteiger partial charge < -0.3 is 24.4 Å². The number of hydrogen-bond donors (Lipinski definition) is 1. The fraction of sp³-hybridized carbons (Fsp3) is 0.520. The summed E-state index contributed by atoms with van der Waals surface area (Å²) in [7, 11) is 1.25. The van der Waals surface area contributed by atoms with Gasteiger partial charge in [0.15, 0.2) is 6.10 Å². The molecular weight excluding hydrogens is 440 g/mol. The number of amides is 2. The first-order valence-electron chi connectivity index (χ1n) is 11.5. The van der Waals surface area contributed by atoms with E-state index in [0.29, 0.717) is 25.8 Å². The minimum atomic E-state index is -0.856. The molecule has 9 nitrogen and oxygen atoms in total. The highest BCUT2D eigenvalue weighted by Crippen LogP contribution is 2.40. The molecule has 0 bridgehead atoms. The first-order valence-corrected chi connectivity index (χ1v) is 11.5. The fourth-order valence-electron chi connectivity index (χ4n) is 4.06. The third-order valence-electron chi connectivity index (χ3n) is 5.79. The highest BCUT2D eigenvalue weighted by Gasteiger charge is 2.50. The van der Waals surface area contributed by atoms with E-state index in [2.05, 4.69) is 10.1 Å². The average molecular weight is 473 g/mol. The Kier molecular flexibility index (Phi) is 8.81. The SMILES string of the molecule is COC(=O)/C=C/COC(=O)[C@H](CC(C)C)NC(=O)[C@H]1CCCN1C(=O)[C@@H]1O[C@H]1c1ccccc1. The van der Waals surface area contributed by atoms with Gasteiger partial charge in [-0.25, -0.2) is 9.59 Å². The number of rotatable bonds is 10. The normalized spacial score (nSPS) is 22.5. The summed E-state index contributed by atoms with van der Waals surface area (Å²) in [5.74, 6) is -1.61. The van der Waals surface area contributed by atoms with Gasteiger partial charge in [-0.05, 0) is 36.8 Å². The Morgan fingerprint density at radius 1 is 1.21 bits per heavy atom. The van der Waals surface area contributed by atoms with Crippen molar-refractivity contribution < 1.29 is 33.4 Å². The van der Waals surface area contributed by atoms with Crippen LogP contribution in [-0.2, 0) is 33.4 Å². The van der Waals surface area contributed by atoms with E-state index in [1.54, 1.807) is 4.90 Å². The average Bonchev–Trinajstić information content (AvgIpc) is 3.48. The summed E-state index contributed by atoms with van der Waals surface area (Å²) in [4.78, 5) is 51.4. The van der Waals surface area contributed by atoms with Crippen molar-refractivity contribution in [1.82, 2.24) is 10.2 Å². The predicted octanol–water partition coefficient (Wildman–Crippen LogP) is 1.92.